The van der Waals surface area contributed by atoms with E-state index in [0.717, 1.165) is 28.1 Å². The highest BCUT2D eigenvalue weighted by Gasteiger charge is 2.35. The SMILES string of the molecule is Cc1cc(C)cc(N2C[C@H](c3nc(-c4ccc(N(C)C)cc4)no3)CC2=O)c1. The molecule has 6 heteroatoms. The van der Waals surface area contributed by atoms with Gasteiger partial charge in [0.15, 0.2) is 0 Å². The molecule has 2 aromatic carbocycles. The second-order valence-corrected chi connectivity index (χ2v) is 7.65. The lowest BCUT2D eigenvalue weighted by atomic mass is 10.1. The molecular formula is C22H24N4O2. The predicted molar refractivity (Wildman–Crippen MR) is 110 cm³/mol. The van der Waals surface area contributed by atoms with Crippen LogP contribution in [0.15, 0.2) is 47.0 Å². The van der Waals surface area contributed by atoms with Crippen LogP contribution in [0, 0.1) is 13.8 Å². The van der Waals surface area contributed by atoms with E-state index in [-0.39, 0.29) is 11.8 Å². The minimum absolute atomic E-state index is 0.0874. The van der Waals surface area contributed by atoms with E-state index in [1.807, 2.05) is 74.1 Å². The zero-order chi connectivity index (χ0) is 19.8. The molecular weight excluding hydrogens is 352 g/mol. The Labute approximate surface area is 164 Å². The van der Waals surface area contributed by atoms with Gasteiger partial charge in [-0.1, -0.05) is 11.2 Å². The molecule has 144 valence electrons. The van der Waals surface area contributed by atoms with Crippen molar-refractivity contribution in [2.45, 2.75) is 26.2 Å². The lowest BCUT2D eigenvalue weighted by Crippen LogP contribution is -2.24. The van der Waals surface area contributed by atoms with E-state index in [1.165, 1.54) is 0 Å². The van der Waals surface area contributed by atoms with E-state index in [1.54, 1.807) is 0 Å². The zero-order valence-corrected chi connectivity index (χ0v) is 16.6. The van der Waals surface area contributed by atoms with E-state index in [4.69, 9.17) is 4.52 Å². The van der Waals surface area contributed by atoms with Crippen LogP contribution in [-0.4, -0.2) is 36.7 Å². The van der Waals surface area contributed by atoms with E-state index in [2.05, 4.69) is 16.2 Å². The molecule has 0 radical (unpaired) electrons. The number of amides is 1. The summed E-state index contributed by atoms with van der Waals surface area (Å²) in [7, 11) is 4.00. The molecule has 0 spiro atoms. The number of hydrogen-bond donors (Lipinski definition) is 0. The van der Waals surface area contributed by atoms with Gasteiger partial charge in [-0.05, 0) is 61.4 Å². The van der Waals surface area contributed by atoms with Gasteiger partial charge in [0.1, 0.15) is 0 Å². The fourth-order valence-corrected chi connectivity index (χ4v) is 3.66. The Morgan fingerprint density at radius 2 is 1.75 bits per heavy atom. The van der Waals surface area contributed by atoms with Crippen LogP contribution in [0.4, 0.5) is 11.4 Å². The molecule has 0 bridgehead atoms. The number of anilines is 2. The second-order valence-electron chi connectivity index (χ2n) is 7.65. The molecule has 0 aliphatic carbocycles. The largest absolute Gasteiger partial charge is 0.378 e. The minimum atomic E-state index is -0.0874. The van der Waals surface area contributed by atoms with Crippen LogP contribution >= 0.6 is 0 Å². The Bertz CT molecular complexity index is 987. The van der Waals surface area contributed by atoms with Crippen molar-refractivity contribution >= 4 is 17.3 Å². The first kappa shape index (κ1) is 18.2. The Balaban J connectivity index is 1.53. The van der Waals surface area contributed by atoms with Crippen LogP contribution in [-0.2, 0) is 4.79 Å². The van der Waals surface area contributed by atoms with E-state index in [0.29, 0.717) is 24.7 Å². The van der Waals surface area contributed by atoms with Gasteiger partial charge in [-0.2, -0.15) is 4.98 Å². The van der Waals surface area contributed by atoms with Crippen molar-refractivity contribution in [2.75, 3.05) is 30.4 Å². The molecule has 28 heavy (non-hydrogen) atoms. The van der Waals surface area contributed by atoms with Crippen molar-refractivity contribution < 1.29 is 9.32 Å². The molecule has 0 N–H and O–H groups in total. The first-order valence-electron chi connectivity index (χ1n) is 9.41. The minimum Gasteiger partial charge on any atom is -0.378 e. The molecule has 6 nitrogen and oxygen atoms in total. The van der Waals surface area contributed by atoms with Crippen molar-refractivity contribution in [1.29, 1.82) is 0 Å². The van der Waals surface area contributed by atoms with Gasteiger partial charge in [0.2, 0.25) is 17.6 Å². The summed E-state index contributed by atoms with van der Waals surface area (Å²) in [5, 5.41) is 4.13. The first-order valence-corrected chi connectivity index (χ1v) is 9.41. The van der Waals surface area contributed by atoms with Crippen LogP contribution in [0.3, 0.4) is 0 Å². The number of aryl methyl sites for hydroxylation is 2. The predicted octanol–water partition coefficient (Wildman–Crippen LogP) is 3.94. The maximum Gasteiger partial charge on any atom is 0.232 e. The van der Waals surface area contributed by atoms with Crippen molar-refractivity contribution in [2.24, 2.45) is 0 Å². The van der Waals surface area contributed by atoms with Gasteiger partial charge in [-0.15, -0.1) is 0 Å². The molecule has 0 unspecified atom stereocenters. The van der Waals surface area contributed by atoms with E-state index >= 15 is 0 Å². The topological polar surface area (TPSA) is 62.5 Å². The normalized spacial score (nSPS) is 16.6. The van der Waals surface area contributed by atoms with Crippen molar-refractivity contribution in [3.63, 3.8) is 0 Å². The summed E-state index contributed by atoms with van der Waals surface area (Å²) >= 11 is 0. The molecule has 1 fully saturated rings. The highest BCUT2D eigenvalue weighted by atomic mass is 16.5. The molecule has 1 amide bonds. The summed E-state index contributed by atoms with van der Waals surface area (Å²) in [6, 6.07) is 14.2. The number of hydrogen-bond acceptors (Lipinski definition) is 5. The summed E-state index contributed by atoms with van der Waals surface area (Å²) in [4.78, 5) is 21.0. The summed E-state index contributed by atoms with van der Waals surface area (Å²) in [5.74, 6) is 1.07. The van der Waals surface area contributed by atoms with Gasteiger partial charge in [-0.25, -0.2) is 0 Å². The van der Waals surface area contributed by atoms with Gasteiger partial charge in [0.05, 0.1) is 5.92 Å². The summed E-state index contributed by atoms with van der Waals surface area (Å²) in [5.41, 5.74) is 5.23. The fraction of sp³-hybridized carbons (Fsp3) is 0.318. The van der Waals surface area contributed by atoms with Crippen LogP contribution in [0.2, 0.25) is 0 Å². The van der Waals surface area contributed by atoms with Gasteiger partial charge < -0.3 is 14.3 Å². The third-order valence-corrected chi connectivity index (χ3v) is 5.08. The highest BCUT2D eigenvalue weighted by molar-refractivity contribution is 5.96. The number of aromatic nitrogens is 2. The molecule has 0 saturated carbocycles. The molecule has 1 atom stereocenters. The third kappa shape index (κ3) is 3.50. The van der Waals surface area contributed by atoms with Crippen molar-refractivity contribution in [1.82, 2.24) is 10.1 Å². The van der Waals surface area contributed by atoms with Gasteiger partial charge in [-0.3, -0.25) is 4.79 Å². The lowest BCUT2D eigenvalue weighted by molar-refractivity contribution is -0.117. The zero-order valence-electron chi connectivity index (χ0n) is 16.6. The van der Waals surface area contributed by atoms with Crippen LogP contribution < -0.4 is 9.80 Å². The monoisotopic (exact) mass is 376 g/mol. The summed E-state index contributed by atoms with van der Waals surface area (Å²) in [6.07, 6.45) is 0.383. The quantitative estimate of drug-likeness (QED) is 0.690. The molecule has 2 heterocycles. The number of carbonyl (C=O) groups excluding carboxylic acids is 1. The first-order chi connectivity index (χ1) is 13.4. The standard InChI is InChI=1S/C22H24N4O2/c1-14-9-15(2)11-19(10-14)26-13-17(12-20(26)27)22-23-21(24-28-22)16-5-7-18(8-6-16)25(3)4/h5-11,17H,12-13H2,1-4H3/t17-/m1/s1. The Morgan fingerprint density at radius 3 is 2.39 bits per heavy atom. The third-order valence-electron chi connectivity index (χ3n) is 5.08. The summed E-state index contributed by atoms with van der Waals surface area (Å²) in [6.45, 7) is 4.64. The maximum atomic E-state index is 12.6. The highest BCUT2D eigenvalue weighted by Crippen LogP contribution is 2.33. The average molecular weight is 376 g/mol. The van der Waals surface area contributed by atoms with E-state index < -0.39 is 0 Å². The number of nitrogens with zero attached hydrogens (tertiary/aromatic N) is 4. The van der Waals surface area contributed by atoms with Crippen molar-refractivity contribution in [3.8, 4) is 11.4 Å². The van der Waals surface area contributed by atoms with Crippen LogP contribution in [0.1, 0.15) is 29.4 Å². The number of rotatable bonds is 4. The molecule has 1 aliphatic rings. The second kappa shape index (κ2) is 7.11. The average Bonchev–Trinajstić information content (AvgIpc) is 3.28. The molecule has 4 rings (SSSR count). The van der Waals surface area contributed by atoms with Gasteiger partial charge in [0.25, 0.3) is 0 Å². The molecule has 1 aliphatic heterocycles. The van der Waals surface area contributed by atoms with Gasteiger partial charge >= 0.3 is 0 Å². The number of benzene rings is 2. The van der Waals surface area contributed by atoms with Crippen molar-refractivity contribution in [3.05, 3.63) is 59.5 Å². The summed E-state index contributed by atoms with van der Waals surface area (Å²) < 4.78 is 5.51. The lowest BCUT2D eigenvalue weighted by Gasteiger charge is -2.17. The molecule has 1 saturated heterocycles. The number of carbonyl (C=O) groups is 1. The Kier molecular flexibility index (Phi) is 4.63. The van der Waals surface area contributed by atoms with E-state index in [9.17, 15) is 4.79 Å². The maximum absolute atomic E-state index is 12.6. The molecule has 1 aromatic heterocycles. The Hall–Kier alpha value is -3.15. The Morgan fingerprint density at radius 1 is 1.07 bits per heavy atom. The van der Waals surface area contributed by atoms with Crippen LogP contribution in [0.25, 0.3) is 11.4 Å². The van der Waals surface area contributed by atoms with Gasteiger partial charge in [0, 0.05) is 44.0 Å². The molecule has 3 aromatic rings. The smallest absolute Gasteiger partial charge is 0.232 e. The fourth-order valence-electron chi connectivity index (χ4n) is 3.66. The van der Waals surface area contributed by atoms with Crippen LogP contribution in [0.5, 0.6) is 0 Å².